The molecule has 0 fully saturated rings. The van der Waals surface area contributed by atoms with Gasteiger partial charge in [-0.2, -0.15) is 0 Å². The Bertz CT molecular complexity index is 1540. The summed E-state index contributed by atoms with van der Waals surface area (Å²) in [6, 6.07) is 11.1. The number of methoxy groups -OCH3 is 2. The first-order chi connectivity index (χ1) is 18.6. The molecule has 0 aliphatic rings. The van der Waals surface area contributed by atoms with Crippen molar-refractivity contribution in [2.24, 2.45) is 0 Å². The van der Waals surface area contributed by atoms with Crippen LogP contribution in [0.15, 0.2) is 55.0 Å². The van der Waals surface area contributed by atoms with E-state index < -0.39 is 0 Å². The van der Waals surface area contributed by atoms with Crippen LogP contribution in [-0.4, -0.2) is 55.3 Å². The number of fused-ring (bicyclic) bond motifs is 1. The molecule has 5 aromatic rings. The van der Waals surface area contributed by atoms with Gasteiger partial charge in [-0.15, -0.1) is 0 Å². The quantitative estimate of drug-likeness (QED) is 0.254. The van der Waals surface area contributed by atoms with E-state index in [4.69, 9.17) is 29.2 Å². The average molecular weight is 531 g/mol. The van der Waals surface area contributed by atoms with Gasteiger partial charge in [0.05, 0.1) is 32.8 Å². The number of hydrogen-bond donors (Lipinski definition) is 1. The molecule has 0 bridgehead atoms. The molecule has 0 saturated heterocycles. The number of hydrogen-bond acceptors (Lipinski definition) is 11. The number of benzene rings is 1. The lowest BCUT2D eigenvalue weighted by atomic mass is 10.2. The van der Waals surface area contributed by atoms with Gasteiger partial charge in [-0.05, 0) is 49.6 Å². The number of anilines is 1. The van der Waals surface area contributed by atoms with Crippen LogP contribution in [-0.2, 0) is 5.75 Å². The lowest BCUT2D eigenvalue weighted by Crippen LogP contribution is -2.05. The number of nitrogens with zero attached hydrogens (tertiary/aromatic N) is 7. The highest BCUT2D eigenvalue weighted by atomic mass is 32.2. The van der Waals surface area contributed by atoms with Crippen LogP contribution in [0, 0.1) is 6.92 Å². The van der Waals surface area contributed by atoms with Crippen LogP contribution >= 0.6 is 11.9 Å². The molecule has 0 amide bonds. The second-order valence-corrected chi connectivity index (χ2v) is 8.83. The first kappa shape index (κ1) is 25.2. The molecule has 4 aromatic heterocycles. The molecule has 12 heteroatoms. The van der Waals surface area contributed by atoms with Crippen molar-refractivity contribution in [2.45, 2.75) is 19.6 Å². The van der Waals surface area contributed by atoms with Crippen LogP contribution in [0.5, 0.6) is 17.4 Å². The monoisotopic (exact) mass is 530 g/mol. The first-order valence-corrected chi connectivity index (χ1v) is 12.8. The third-order valence-electron chi connectivity index (χ3n) is 5.45. The van der Waals surface area contributed by atoms with Crippen molar-refractivity contribution >= 4 is 29.1 Å². The zero-order chi connectivity index (χ0) is 26.5. The van der Waals surface area contributed by atoms with Gasteiger partial charge in [-0.3, -0.25) is 4.57 Å². The zero-order valence-electron chi connectivity index (χ0n) is 21.4. The lowest BCUT2D eigenvalue weighted by Gasteiger charge is -2.16. The SMILES string of the molecule is CCOc1cccc(-c2nc3nc(NSCc4ncc(C)cn4)cnc3n2-c2c(OC)cccc2OC)n1. The van der Waals surface area contributed by atoms with Gasteiger partial charge in [-0.25, -0.2) is 29.9 Å². The van der Waals surface area contributed by atoms with E-state index in [2.05, 4.69) is 19.7 Å². The molecule has 5 rings (SSSR count). The maximum Gasteiger partial charge on any atom is 0.213 e. The van der Waals surface area contributed by atoms with E-state index in [1.54, 1.807) is 38.9 Å². The van der Waals surface area contributed by atoms with Crippen molar-refractivity contribution in [3.8, 4) is 34.6 Å². The molecule has 0 aliphatic carbocycles. The zero-order valence-corrected chi connectivity index (χ0v) is 22.2. The number of pyridine rings is 1. The Morgan fingerprint density at radius 1 is 0.895 bits per heavy atom. The van der Waals surface area contributed by atoms with Crippen molar-refractivity contribution < 1.29 is 14.2 Å². The summed E-state index contributed by atoms with van der Waals surface area (Å²) >= 11 is 1.42. The number of para-hydroxylation sites is 1. The molecule has 0 aliphatic heterocycles. The molecule has 0 saturated carbocycles. The van der Waals surface area contributed by atoms with Crippen molar-refractivity contribution in [3.05, 3.63) is 66.4 Å². The summed E-state index contributed by atoms with van der Waals surface area (Å²) in [5.74, 6) is 4.01. The van der Waals surface area contributed by atoms with Crippen molar-refractivity contribution in [1.29, 1.82) is 0 Å². The molecule has 11 nitrogen and oxygen atoms in total. The number of nitrogens with one attached hydrogen (secondary N) is 1. The highest BCUT2D eigenvalue weighted by Crippen LogP contribution is 2.38. The number of rotatable bonds is 10. The summed E-state index contributed by atoms with van der Waals surface area (Å²) < 4.78 is 22.1. The maximum absolute atomic E-state index is 5.69. The lowest BCUT2D eigenvalue weighted by molar-refractivity contribution is 0.327. The standard InChI is InChI=1S/C26H26N8O3S/c1-5-37-22-11-6-8-17(30-22)25-32-24-26(34(25)23-18(35-3)9-7-10-19(23)36-4)29-14-20(31-24)33-38-15-21-27-12-16(2)13-28-21/h6-14H,5,15H2,1-4H3,(H,31,33). The molecule has 0 radical (unpaired) electrons. The largest absolute Gasteiger partial charge is 0.494 e. The van der Waals surface area contributed by atoms with Crippen LogP contribution in [0.1, 0.15) is 18.3 Å². The van der Waals surface area contributed by atoms with E-state index in [0.29, 0.717) is 64.1 Å². The van der Waals surface area contributed by atoms with Gasteiger partial charge in [0.15, 0.2) is 22.9 Å². The fraction of sp³-hybridized carbons (Fsp3) is 0.231. The smallest absolute Gasteiger partial charge is 0.213 e. The Hall–Kier alpha value is -4.45. The Morgan fingerprint density at radius 3 is 2.34 bits per heavy atom. The van der Waals surface area contributed by atoms with Crippen molar-refractivity contribution in [2.75, 3.05) is 25.5 Å². The third kappa shape index (κ3) is 5.16. The molecule has 0 unspecified atom stereocenters. The first-order valence-electron chi connectivity index (χ1n) is 11.8. The second kappa shape index (κ2) is 11.3. The number of aromatic nitrogens is 7. The van der Waals surface area contributed by atoms with E-state index in [1.165, 1.54) is 11.9 Å². The fourth-order valence-corrected chi connectivity index (χ4v) is 4.37. The Kier molecular flexibility index (Phi) is 7.50. The molecular weight excluding hydrogens is 504 g/mol. The van der Waals surface area contributed by atoms with Crippen molar-refractivity contribution in [1.82, 2.24) is 34.5 Å². The summed E-state index contributed by atoms with van der Waals surface area (Å²) in [5.41, 5.74) is 3.18. The van der Waals surface area contributed by atoms with E-state index in [0.717, 1.165) is 11.4 Å². The number of imidazole rings is 1. The van der Waals surface area contributed by atoms with Gasteiger partial charge >= 0.3 is 0 Å². The predicted octanol–water partition coefficient (Wildman–Crippen LogP) is 4.65. The minimum atomic E-state index is 0.425. The summed E-state index contributed by atoms with van der Waals surface area (Å²) in [5, 5.41) is 0. The van der Waals surface area contributed by atoms with E-state index in [1.807, 2.05) is 48.7 Å². The molecule has 1 N–H and O–H groups in total. The fourth-order valence-electron chi connectivity index (χ4n) is 3.78. The maximum atomic E-state index is 5.69. The minimum Gasteiger partial charge on any atom is -0.494 e. The van der Waals surface area contributed by atoms with Gasteiger partial charge in [0, 0.05) is 18.5 Å². The van der Waals surface area contributed by atoms with Crippen LogP contribution in [0.3, 0.4) is 0 Å². The van der Waals surface area contributed by atoms with Gasteiger partial charge in [0.2, 0.25) is 5.88 Å². The van der Waals surface area contributed by atoms with Crippen molar-refractivity contribution in [3.63, 3.8) is 0 Å². The third-order valence-corrected chi connectivity index (χ3v) is 6.21. The Balaban J connectivity index is 1.58. The van der Waals surface area contributed by atoms with E-state index >= 15 is 0 Å². The number of aryl methyl sites for hydroxylation is 1. The van der Waals surface area contributed by atoms with E-state index in [-0.39, 0.29) is 0 Å². The van der Waals surface area contributed by atoms with Gasteiger partial charge in [0.1, 0.15) is 28.7 Å². The van der Waals surface area contributed by atoms with Crippen LogP contribution in [0.2, 0.25) is 0 Å². The molecular formula is C26H26N8O3S. The summed E-state index contributed by atoms with van der Waals surface area (Å²) in [7, 11) is 3.21. The average Bonchev–Trinajstić information content (AvgIpc) is 3.32. The highest BCUT2D eigenvalue weighted by Gasteiger charge is 2.23. The Labute approximate surface area is 223 Å². The molecule has 38 heavy (non-hydrogen) atoms. The summed E-state index contributed by atoms with van der Waals surface area (Å²) in [4.78, 5) is 27.6. The van der Waals surface area contributed by atoms with Gasteiger partial charge in [-0.1, -0.05) is 12.1 Å². The topological polar surface area (TPSA) is 122 Å². The van der Waals surface area contributed by atoms with Gasteiger partial charge < -0.3 is 18.9 Å². The highest BCUT2D eigenvalue weighted by molar-refractivity contribution is 7.99. The summed E-state index contributed by atoms with van der Waals surface area (Å²) in [6.07, 6.45) is 5.24. The molecule has 194 valence electrons. The molecule has 4 heterocycles. The van der Waals surface area contributed by atoms with E-state index in [9.17, 15) is 0 Å². The molecule has 0 atom stereocenters. The minimum absolute atomic E-state index is 0.425. The predicted molar refractivity (Wildman–Crippen MR) is 146 cm³/mol. The molecule has 0 spiro atoms. The van der Waals surface area contributed by atoms with Crippen LogP contribution in [0.25, 0.3) is 28.5 Å². The second-order valence-electron chi connectivity index (χ2n) is 8.05. The van der Waals surface area contributed by atoms with Gasteiger partial charge in [0.25, 0.3) is 0 Å². The van der Waals surface area contributed by atoms with Crippen LogP contribution < -0.4 is 18.9 Å². The Morgan fingerprint density at radius 2 is 1.63 bits per heavy atom. The summed E-state index contributed by atoms with van der Waals surface area (Å²) in [6.45, 7) is 4.36. The number of ether oxygens (including phenoxy) is 3. The van der Waals surface area contributed by atoms with Crippen LogP contribution in [0.4, 0.5) is 5.82 Å². The molecule has 1 aromatic carbocycles. The normalized spacial score (nSPS) is 10.9.